The van der Waals surface area contributed by atoms with Gasteiger partial charge in [-0.05, 0) is 36.1 Å². The first-order valence-electron chi connectivity index (χ1n) is 7.38. The van der Waals surface area contributed by atoms with Crippen LogP contribution in [0.1, 0.15) is 11.1 Å². The van der Waals surface area contributed by atoms with Crippen LogP contribution in [0.5, 0.6) is 0 Å². The molecule has 0 aliphatic heterocycles. The van der Waals surface area contributed by atoms with Crippen LogP contribution in [-0.4, -0.2) is 4.89 Å². The third-order valence-electron chi connectivity index (χ3n) is 3.88. The van der Waals surface area contributed by atoms with Gasteiger partial charge in [-0.25, -0.2) is 0 Å². The molecule has 22 heavy (non-hydrogen) atoms. The van der Waals surface area contributed by atoms with E-state index in [4.69, 9.17) is 0 Å². The van der Waals surface area contributed by atoms with Crippen LogP contribution in [0.3, 0.4) is 0 Å². The number of hydrogen-bond acceptors (Lipinski definition) is 1. The standard InChI is InChI=1S/C20H19OP/c1-15-9-8-10-16(2)20(15)18-13-6-7-14-19(18)22(21)17-11-4-3-5-12-17/h3-14,21H,1-2H3. The highest BCUT2D eigenvalue weighted by atomic mass is 31.1. The largest absolute Gasteiger partial charge is 0.364 e. The molecular formula is C20H19OP. The molecule has 0 heterocycles. The summed E-state index contributed by atoms with van der Waals surface area (Å²) in [6.45, 7) is 4.25. The van der Waals surface area contributed by atoms with Gasteiger partial charge in [0.2, 0.25) is 0 Å². The summed E-state index contributed by atoms with van der Waals surface area (Å²) in [7, 11) is -1.34. The fourth-order valence-electron chi connectivity index (χ4n) is 2.82. The predicted molar refractivity (Wildman–Crippen MR) is 96.2 cm³/mol. The molecule has 3 rings (SSSR count). The predicted octanol–water partition coefficient (Wildman–Crippen LogP) is 4.31. The lowest BCUT2D eigenvalue weighted by molar-refractivity contribution is 0.645. The molecule has 0 amide bonds. The molecule has 0 aliphatic carbocycles. The second-order valence-corrected chi connectivity index (χ2v) is 7.05. The van der Waals surface area contributed by atoms with Crippen LogP contribution < -0.4 is 10.6 Å². The van der Waals surface area contributed by atoms with Crippen LogP contribution in [0.4, 0.5) is 0 Å². The fourth-order valence-corrected chi connectivity index (χ4v) is 4.19. The van der Waals surface area contributed by atoms with E-state index < -0.39 is 8.15 Å². The van der Waals surface area contributed by atoms with Gasteiger partial charge in [0.15, 0.2) is 0 Å². The minimum absolute atomic E-state index is 0.983. The van der Waals surface area contributed by atoms with Gasteiger partial charge in [-0.1, -0.05) is 72.8 Å². The highest BCUT2D eigenvalue weighted by molar-refractivity contribution is 7.67. The van der Waals surface area contributed by atoms with Crippen molar-refractivity contribution >= 4 is 18.8 Å². The molecule has 0 aliphatic rings. The zero-order chi connectivity index (χ0) is 15.5. The van der Waals surface area contributed by atoms with Gasteiger partial charge in [-0.2, -0.15) is 0 Å². The van der Waals surface area contributed by atoms with Crippen molar-refractivity contribution in [2.24, 2.45) is 0 Å². The number of benzene rings is 3. The summed E-state index contributed by atoms with van der Waals surface area (Å²) in [5.74, 6) is 0. The summed E-state index contributed by atoms with van der Waals surface area (Å²) in [5, 5.41) is 2.00. The Hall–Kier alpha value is -1.95. The van der Waals surface area contributed by atoms with Gasteiger partial charge in [0.1, 0.15) is 0 Å². The molecule has 0 fully saturated rings. The Labute approximate surface area is 133 Å². The second kappa shape index (κ2) is 6.44. The third kappa shape index (κ3) is 2.83. The Balaban J connectivity index is 2.16. The molecule has 0 saturated carbocycles. The van der Waals surface area contributed by atoms with Gasteiger partial charge < -0.3 is 4.89 Å². The summed E-state index contributed by atoms with van der Waals surface area (Å²) >= 11 is 0. The van der Waals surface area contributed by atoms with Crippen molar-refractivity contribution in [1.82, 2.24) is 0 Å². The van der Waals surface area contributed by atoms with Crippen LogP contribution >= 0.6 is 8.15 Å². The first-order chi connectivity index (χ1) is 10.7. The average Bonchev–Trinajstić information content (AvgIpc) is 2.55. The quantitative estimate of drug-likeness (QED) is 0.715. The molecule has 1 atom stereocenters. The van der Waals surface area contributed by atoms with E-state index >= 15 is 0 Å². The molecule has 2 heteroatoms. The lowest BCUT2D eigenvalue weighted by Crippen LogP contribution is -2.14. The van der Waals surface area contributed by atoms with Crippen LogP contribution in [0, 0.1) is 13.8 Å². The molecule has 0 saturated heterocycles. The van der Waals surface area contributed by atoms with E-state index in [1.165, 1.54) is 16.7 Å². The summed E-state index contributed by atoms with van der Waals surface area (Å²) in [4.78, 5) is 10.9. The molecule has 0 aromatic heterocycles. The summed E-state index contributed by atoms with van der Waals surface area (Å²) in [6.07, 6.45) is 0. The van der Waals surface area contributed by atoms with Crippen molar-refractivity contribution in [3.63, 3.8) is 0 Å². The Morgan fingerprint density at radius 1 is 0.682 bits per heavy atom. The lowest BCUT2D eigenvalue weighted by Gasteiger charge is -2.18. The van der Waals surface area contributed by atoms with E-state index in [0.29, 0.717) is 0 Å². The topological polar surface area (TPSA) is 20.2 Å². The molecule has 1 N–H and O–H groups in total. The zero-order valence-electron chi connectivity index (χ0n) is 12.8. The first kappa shape index (κ1) is 15.0. The van der Waals surface area contributed by atoms with E-state index in [0.717, 1.165) is 16.2 Å². The average molecular weight is 306 g/mol. The normalized spacial score (nSPS) is 12.1. The van der Waals surface area contributed by atoms with Crippen molar-refractivity contribution in [3.05, 3.63) is 83.9 Å². The smallest absolute Gasteiger partial charge is 0.0883 e. The van der Waals surface area contributed by atoms with Crippen LogP contribution in [0.15, 0.2) is 72.8 Å². The Kier molecular flexibility index (Phi) is 4.38. The van der Waals surface area contributed by atoms with Crippen molar-refractivity contribution < 1.29 is 4.89 Å². The molecular weight excluding hydrogens is 287 g/mol. The van der Waals surface area contributed by atoms with Gasteiger partial charge in [0.25, 0.3) is 0 Å². The molecule has 1 unspecified atom stereocenters. The molecule has 0 spiro atoms. The van der Waals surface area contributed by atoms with Crippen molar-refractivity contribution in [2.45, 2.75) is 13.8 Å². The lowest BCUT2D eigenvalue weighted by atomic mass is 9.96. The van der Waals surface area contributed by atoms with Gasteiger partial charge in [-0.15, -0.1) is 0 Å². The van der Waals surface area contributed by atoms with E-state index in [1.54, 1.807) is 0 Å². The number of hydrogen-bond donors (Lipinski definition) is 1. The van der Waals surface area contributed by atoms with Crippen LogP contribution in [0.2, 0.25) is 0 Å². The third-order valence-corrected chi connectivity index (χ3v) is 5.52. The highest BCUT2D eigenvalue weighted by Gasteiger charge is 2.17. The number of rotatable bonds is 3. The first-order valence-corrected chi connectivity index (χ1v) is 8.67. The fraction of sp³-hybridized carbons (Fsp3) is 0.100. The highest BCUT2D eigenvalue weighted by Crippen LogP contribution is 2.35. The minimum atomic E-state index is -1.34. The monoisotopic (exact) mass is 306 g/mol. The zero-order valence-corrected chi connectivity index (χ0v) is 13.7. The van der Waals surface area contributed by atoms with Crippen molar-refractivity contribution in [1.29, 1.82) is 0 Å². The summed E-state index contributed by atoms with van der Waals surface area (Å²) in [5.41, 5.74) is 4.85. The maximum atomic E-state index is 10.9. The Morgan fingerprint density at radius 2 is 1.27 bits per heavy atom. The summed E-state index contributed by atoms with van der Waals surface area (Å²) in [6, 6.07) is 24.4. The molecule has 0 radical (unpaired) electrons. The van der Waals surface area contributed by atoms with Gasteiger partial charge in [0, 0.05) is 10.6 Å². The number of aryl methyl sites for hydroxylation is 2. The Bertz CT molecular complexity index is 760. The van der Waals surface area contributed by atoms with E-state index in [-0.39, 0.29) is 0 Å². The second-order valence-electron chi connectivity index (χ2n) is 5.43. The minimum Gasteiger partial charge on any atom is -0.364 e. The maximum absolute atomic E-state index is 10.9. The molecule has 110 valence electrons. The van der Waals surface area contributed by atoms with Crippen LogP contribution in [0.25, 0.3) is 11.1 Å². The van der Waals surface area contributed by atoms with Gasteiger partial charge >= 0.3 is 0 Å². The van der Waals surface area contributed by atoms with E-state index in [2.05, 4.69) is 38.1 Å². The van der Waals surface area contributed by atoms with Crippen molar-refractivity contribution in [2.75, 3.05) is 0 Å². The molecule has 0 bridgehead atoms. The van der Waals surface area contributed by atoms with Crippen molar-refractivity contribution in [3.8, 4) is 11.1 Å². The molecule has 3 aromatic carbocycles. The van der Waals surface area contributed by atoms with Gasteiger partial charge in [0.05, 0.1) is 8.15 Å². The molecule has 3 aromatic rings. The van der Waals surface area contributed by atoms with E-state index in [9.17, 15) is 4.89 Å². The summed E-state index contributed by atoms with van der Waals surface area (Å²) < 4.78 is 0. The Morgan fingerprint density at radius 3 is 1.95 bits per heavy atom. The van der Waals surface area contributed by atoms with E-state index in [1.807, 2.05) is 48.5 Å². The SMILES string of the molecule is Cc1cccc(C)c1-c1ccccc1P(O)c1ccccc1. The van der Waals surface area contributed by atoms with Crippen LogP contribution in [-0.2, 0) is 0 Å². The van der Waals surface area contributed by atoms with Gasteiger partial charge in [-0.3, -0.25) is 0 Å². The molecule has 1 nitrogen and oxygen atoms in total. The maximum Gasteiger partial charge on any atom is 0.0883 e.